The normalized spacial score (nSPS) is 10.9. The van der Waals surface area contributed by atoms with Gasteiger partial charge in [0.15, 0.2) is 11.6 Å². The van der Waals surface area contributed by atoms with Gasteiger partial charge in [-0.05, 0) is 49.3 Å². The summed E-state index contributed by atoms with van der Waals surface area (Å²) in [5.74, 6) is -0.540. The van der Waals surface area contributed by atoms with Crippen LogP contribution in [0.4, 0.5) is 0 Å². The van der Waals surface area contributed by atoms with Gasteiger partial charge in [0, 0.05) is 21.2 Å². The summed E-state index contributed by atoms with van der Waals surface area (Å²) in [7, 11) is 0. The molecular weight excluding hydrogens is 319 g/mol. The smallest absolute Gasteiger partial charge is 0.186 e. The first-order chi connectivity index (χ1) is 10.4. The van der Waals surface area contributed by atoms with Crippen molar-refractivity contribution in [1.82, 2.24) is 0 Å². The number of carbonyl (C=O) groups excluding carboxylic acids is 2. The van der Waals surface area contributed by atoms with Crippen molar-refractivity contribution in [2.75, 3.05) is 0 Å². The van der Waals surface area contributed by atoms with Gasteiger partial charge in [0.2, 0.25) is 0 Å². The molecule has 0 unspecified atom stereocenters. The highest BCUT2D eigenvalue weighted by Crippen LogP contribution is 2.18. The fraction of sp³-hybridized carbons (Fsp3) is 0.111. The highest BCUT2D eigenvalue weighted by atomic mass is 35.5. The zero-order valence-corrected chi connectivity index (χ0v) is 13.7. The molecule has 0 aromatic heterocycles. The van der Waals surface area contributed by atoms with Crippen molar-refractivity contribution in [3.05, 3.63) is 80.8 Å². The van der Waals surface area contributed by atoms with Crippen LogP contribution in [0.5, 0.6) is 0 Å². The molecule has 0 heterocycles. The van der Waals surface area contributed by atoms with Crippen molar-refractivity contribution < 1.29 is 9.59 Å². The molecule has 2 rings (SSSR count). The number of carbonyl (C=O) groups is 2. The maximum atomic E-state index is 12.0. The van der Waals surface area contributed by atoms with E-state index in [0.717, 1.165) is 11.1 Å². The SMILES string of the molecule is Cc1ccc(C(=O)/C=C/C(=O)c2ccc(C)c(Cl)c2)cc1Cl. The number of benzene rings is 2. The van der Waals surface area contributed by atoms with Gasteiger partial charge >= 0.3 is 0 Å². The van der Waals surface area contributed by atoms with Gasteiger partial charge in [0.25, 0.3) is 0 Å². The van der Waals surface area contributed by atoms with E-state index in [4.69, 9.17) is 23.2 Å². The first kappa shape index (κ1) is 16.5. The van der Waals surface area contributed by atoms with Crippen LogP contribution in [-0.2, 0) is 0 Å². The van der Waals surface area contributed by atoms with Crippen molar-refractivity contribution in [3.63, 3.8) is 0 Å². The minimum Gasteiger partial charge on any atom is -0.289 e. The van der Waals surface area contributed by atoms with E-state index in [1.807, 2.05) is 13.8 Å². The predicted molar refractivity (Wildman–Crippen MR) is 90.2 cm³/mol. The van der Waals surface area contributed by atoms with Crippen LogP contribution in [-0.4, -0.2) is 11.6 Å². The maximum Gasteiger partial charge on any atom is 0.186 e. The molecule has 0 saturated heterocycles. The second-order valence-electron chi connectivity index (χ2n) is 4.99. The van der Waals surface area contributed by atoms with E-state index in [1.165, 1.54) is 12.2 Å². The Labute approximate surface area is 139 Å². The molecule has 0 aliphatic rings. The summed E-state index contributed by atoms with van der Waals surface area (Å²) in [6.45, 7) is 3.72. The van der Waals surface area contributed by atoms with E-state index >= 15 is 0 Å². The van der Waals surface area contributed by atoms with Gasteiger partial charge in [0.05, 0.1) is 0 Å². The molecule has 0 aliphatic carbocycles. The van der Waals surface area contributed by atoms with Crippen molar-refractivity contribution in [2.45, 2.75) is 13.8 Å². The lowest BCUT2D eigenvalue weighted by Gasteiger charge is -2.01. The summed E-state index contributed by atoms with van der Waals surface area (Å²) in [4.78, 5) is 24.1. The molecule has 4 heteroatoms. The van der Waals surface area contributed by atoms with Crippen molar-refractivity contribution in [2.24, 2.45) is 0 Å². The molecule has 0 atom stereocenters. The van der Waals surface area contributed by atoms with Crippen molar-refractivity contribution in [3.8, 4) is 0 Å². The number of aryl methyl sites for hydroxylation is 2. The average molecular weight is 333 g/mol. The van der Waals surface area contributed by atoms with Gasteiger partial charge in [-0.2, -0.15) is 0 Å². The zero-order valence-electron chi connectivity index (χ0n) is 12.2. The summed E-state index contributed by atoms with van der Waals surface area (Å²) in [5.41, 5.74) is 2.68. The molecule has 0 aliphatic heterocycles. The van der Waals surface area contributed by atoms with E-state index in [0.29, 0.717) is 21.2 Å². The predicted octanol–water partition coefficient (Wildman–Crippen LogP) is 5.23. The highest BCUT2D eigenvalue weighted by molar-refractivity contribution is 6.32. The third kappa shape index (κ3) is 3.85. The second-order valence-corrected chi connectivity index (χ2v) is 5.80. The third-order valence-electron chi connectivity index (χ3n) is 3.30. The Morgan fingerprint density at radius 2 is 1.14 bits per heavy atom. The van der Waals surface area contributed by atoms with E-state index < -0.39 is 0 Å². The molecular formula is C18H14Cl2O2. The van der Waals surface area contributed by atoms with Crippen LogP contribution >= 0.6 is 23.2 Å². The van der Waals surface area contributed by atoms with Crippen molar-refractivity contribution >= 4 is 34.8 Å². The Morgan fingerprint density at radius 1 is 0.773 bits per heavy atom. The number of allylic oxidation sites excluding steroid dienone is 2. The molecule has 0 radical (unpaired) electrons. The quantitative estimate of drug-likeness (QED) is 0.567. The Balaban J connectivity index is 2.16. The number of halogens is 2. The Kier molecular flexibility index (Phi) is 5.17. The summed E-state index contributed by atoms with van der Waals surface area (Å²) in [5, 5.41) is 1.05. The van der Waals surface area contributed by atoms with Gasteiger partial charge < -0.3 is 0 Å². The van der Waals surface area contributed by atoms with Gasteiger partial charge in [-0.25, -0.2) is 0 Å². The first-order valence-electron chi connectivity index (χ1n) is 6.67. The highest BCUT2D eigenvalue weighted by Gasteiger charge is 2.07. The first-order valence-corrected chi connectivity index (χ1v) is 7.43. The number of ketones is 2. The number of hydrogen-bond donors (Lipinski definition) is 0. The lowest BCUT2D eigenvalue weighted by molar-refractivity contribution is 0.102. The van der Waals surface area contributed by atoms with Gasteiger partial charge in [-0.1, -0.05) is 47.5 Å². The number of rotatable bonds is 4. The summed E-state index contributed by atoms with van der Waals surface area (Å²) in [6, 6.07) is 10.1. The van der Waals surface area contributed by atoms with Crippen LogP contribution in [0, 0.1) is 13.8 Å². The summed E-state index contributed by atoms with van der Waals surface area (Å²) in [6.07, 6.45) is 2.49. The molecule has 0 fully saturated rings. The summed E-state index contributed by atoms with van der Waals surface area (Å²) >= 11 is 12.0. The fourth-order valence-electron chi connectivity index (χ4n) is 1.84. The van der Waals surface area contributed by atoms with Crippen LogP contribution in [0.25, 0.3) is 0 Å². The molecule has 0 N–H and O–H groups in total. The summed E-state index contributed by atoms with van der Waals surface area (Å²) < 4.78 is 0. The fourth-order valence-corrected chi connectivity index (χ4v) is 2.20. The molecule has 2 aromatic carbocycles. The Hall–Kier alpha value is -1.90. The van der Waals surface area contributed by atoms with Gasteiger partial charge in [-0.3, -0.25) is 9.59 Å². The third-order valence-corrected chi connectivity index (χ3v) is 4.11. The molecule has 0 amide bonds. The second kappa shape index (κ2) is 6.91. The molecule has 0 spiro atoms. The van der Waals surface area contributed by atoms with Crippen LogP contribution in [0.2, 0.25) is 10.0 Å². The molecule has 0 saturated carbocycles. The Bertz CT molecular complexity index is 711. The van der Waals surface area contributed by atoms with E-state index in [1.54, 1.807) is 36.4 Å². The average Bonchev–Trinajstić information content (AvgIpc) is 2.50. The standard InChI is InChI=1S/C18H14Cl2O2/c1-11-3-5-13(9-15(11)19)17(21)7-8-18(22)14-6-4-12(2)16(20)10-14/h3-10H,1-2H3/b8-7+. The molecule has 2 aromatic rings. The molecule has 22 heavy (non-hydrogen) atoms. The molecule has 112 valence electrons. The topological polar surface area (TPSA) is 34.1 Å². The van der Waals surface area contributed by atoms with Gasteiger partial charge in [0.1, 0.15) is 0 Å². The zero-order chi connectivity index (χ0) is 16.3. The van der Waals surface area contributed by atoms with Crippen LogP contribution in [0.15, 0.2) is 48.6 Å². The van der Waals surface area contributed by atoms with E-state index in [-0.39, 0.29) is 11.6 Å². The minimum absolute atomic E-state index is 0.270. The van der Waals surface area contributed by atoms with E-state index in [9.17, 15) is 9.59 Å². The minimum atomic E-state index is -0.270. The van der Waals surface area contributed by atoms with Gasteiger partial charge in [-0.15, -0.1) is 0 Å². The number of hydrogen-bond acceptors (Lipinski definition) is 2. The maximum absolute atomic E-state index is 12.0. The lowest BCUT2D eigenvalue weighted by Crippen LogP contribution is -1.99. The lowest BCUT2D eigenvalue weighted by atomic mass is 10.1. The molecule has 0 bridgehead atoms. The van der Waals surface area contributed by atoms with Crippen molar-refractivity contribution in [1.29, 1.82) is 0 Å². The van der Waals surface area contributed by atoms with E-state index in [2.05, 4.69) is 0 Å². The molecule has 2 nitrogen and oxygen atoms in total. The largest absolute Gasteiger partial charge is 0.289 e. The van der Waals surface area contributed by atoms with Crippen LogP contribution < -0.4 is 0 Å². The van der Waals surface area contributed by atoms with Crippen LogP contribution in [0.1, 0.15) is 31.8 Å². The Morgan fingerprint density at radius 3 is 1.45 bits per heavy atom. The van der Waals surface area contributed by atoms with Crippen LogP contribution in [0.3, 0.4) is 0 Å². The monoisotopic (exact) mass is 332 g/mol.